The number of ether oxygens (including phenoxy) is 1. The van der Waals surface area contributed by atoms with Crippen LogP contribution in [0.2, 0.25) is 0 Å². The summed E-state index contributed by atoms with van der Waals surface area (Å²) in [6.07, 6.45) is 3.62. The molecule has 5 heteroatoms. The lowest BCUT2D eigenvalue weighted by atomic mass is 10.1. The first-order valence-corrected chi connectivity index (χ1v) is 6.59. The van der Waals surface area contributed by atoms with Gasteiger partial charge in [-0.15, -0.1) is 0 Å². The fraction of sp³-hybridized carbons (Fsp3) is 0.200. The zero-order valence-electron chi connectivity index (χ0n) is 11.3. The monoisotopic (exact) mass is 268 g/mol. The van der Waals surface area contributed by atoms with E-state index >= 15 is 0 Å². The summed E-state index contributed by atoms with van der Waals surface area (Å²) in [5.41, 5.74) is 9.50. The molecule has 0 saturated carbocycles. The number of hydrogen-bond acceptors (Lipinski definition) is 4. The smallest absolute Gasteiger partial charge is 0.160 e. The average molecular weight is 268 g/mol. The topological polar surface area (TPSA) is 65.4 Å². The van der Waals surface area contributed by atoms with Crippen molar-refractivity contribution in [2.75, 3.05) is 6.61 Å². The minimum atomic E-state index is 0.406. The highest BCUT2D eigenvalue weighted by Crippen LogP contribution is 2.26. The molecule has 2 aromatic heterocycles. The maximum atomic E-state index is 5.86. The van der Waals surface area contributed by atoms with Crippen molar-refractivity contribution in [3.8, 4) is 17.0 Å². The van der Waals surface area contributed by atoms with Gasteiger partial charge in [-0.25, -0.2) is 9.50 Å². The Morgan fingerprint density at radius 3 is 2.75 bits per heavy atom. The molecule has 5 nitrogen and oxygen atoms in total. The first kappa shape index (κ1) is 12.6. The molecule has 0 spiro atoms. The molecule has 20 heavy (non-hydrogen) atoms. The van der Waals surface area contributed by atoms with Crippen molar-refractivity contribution in [3.05, 3.63) is 48.3 Å². The Morgan fingerprint density at radius 1 is 1.25 bits per heavy atom. The molecule has 2 heterocycles. The zero-order valence-corrected chi connectivity index (χ0v) is 11.3. The summed E-state index contributed by atoms with van der Waals surface area (Å²) in [5, 5.41) is 4.56. The predicted octanol–water partition coefficient (Wildman–Crippen LogP) is 2.25. The van der Waals surface area contributed by atoms with Gasteiger partial charge in [-0.05, 0) is 37.3 Å². The molecule has 0 aliphatic heterocycles. The van der Waals surface area contributed by atoms with Crippen molar-refractivity contribution in [1.82, 2.24) is 14.6 Å². The van der Waals surface area contributed by atoms with Crippen LogP contribution in [0, 0.1) is 0 Å². The number of aromatic nitrogens is 3. The third kappa shape index (κ3) is 2.12. The van der Waals surface area contributed by atoms with Crippen LogP contribution < -0.4 is 10.5 Å². The van der Waals surface area contributed by atoms with Crippen LogP contribution in [-0.4, -0.2) is 21.2 Å². The lowest BCUT2D eigenvalue weighted by Gasteiger charge is -2.04. The van der Waals surface area contributed by atoms with Gasteiger partial charge >= 0.3 is 0 Å². The van der Waals surface area contributed by atoms with Crippen molar-refractivity contribution >= 4 is 5.65 Å². The lowest BCUT2D eigenvalue weighted by Crippen LogP contribution is -1.98. The van der Waals surface area contributed by atoms with Crippen LogP contribution in [0.4, 0.5) is 0 Å². The number of nitrogens with two attached hydrogens (primary N) is 1. The van der Waals surface area contributed by atoms with E-state index in [1.54, 1.807) is 10.7 Å². The number of rotatable bonds is 4. The molecular weight excluding hydrogens is 252 g/mol. The second-order valence-electron chi connectivity index (χ2n) is 4.38. The summed E-state index contributed by atoms with van der Waals surface area (Å²) >= 11 is 0. The minimum absolute atomic E-state index is 0.406. The molecule has 1 aromatic carbocycles. The van der Waals surface area contributed by atoms with Gasteiger partial charge in [0.1, 0.15) is 5.75 Å². The number of hydrogen-bond donors (Lipinski definition) is 1. The van der Waals surface area contributed by atoms with E-state index in [0.717, 1.165) is 28.2 Å². The van der Waals surface area contributed by atoms with E-state index in [4.69, 9.17) is 10.5 Å². The van der Waals surface area contributed by atoms with Crippen molar-refractivity contribution in [2.45, 2.75) is 13.5 Å². The molecule has 3 rings (SSSR count). The maximum absolute atomic E-state index is 5.86. The first-order valence-electron chi connectivity index (χ1n) is 6.59. The highest BCUT2D eigenvalue weighted by atomic mass is 16.5. The minimum Gasteiger partial charge on any atom is -0.494 e. The molecule has 0 bridgehead atoms. The van der Waals surface area contributed by atoms with Crippen LogP contribution in [0.15, 0.2) is 42.7 Å². The molecule has 0 aliphatic rings. The van der Waals surface area contributed by atoms with Gasteiger partial charge in [0, 0.05) is 30.1 Å². The van der Waals surface area contributed by atoms with Gasteiger partial charge in [-0.2, -0.15) is 5.10 Å². The molecule has 3 aromatic rings. The van der Waals surface area contributed by atoms with E-state index in [2.05, 4.69) is 10.1 Å². The Hall–Kier alpha value is -2.40. The van der Waals surface area contributed by atoms with Gasteiger partial charge in [0.2, 0.25) is 0 Å². The van der Waals surface area contributed by atoms with Gasteiger partial charge < -0.3 is 10.5 Å². The largest absolute Gasteiger partial charge is 0.494 e. The Labute approximate surface area is 117 Å². The van der Waals surface area contributed by atoms with Gasteiger partial charge in [-0.3, -0.25) is 0 Å². The molecular formula is C15H16N4O. The lowest BCUT2D eigenvalue weighted by molar-refractivity contribution is 0.340. The third-order valence-electron chi connectivity index (χ3n) is 3.13. The van der Waals surface area contributed by atoms with Crippen LogP contribution in [0.5, 0.6) is 5.75 Å². The third-order valence-corrected chi connectivity index (χ3v) is 3.13. The van der Waals surface area contributed by atoms with Gasteiger partial charge in [0.25, 0.3) is 0 Å². The molecule has 0 amide bonds. The predicted molar refractivity (Wildman–Crippen MR) is 77.5 cm³/mol. The maximum Gasteiger partial charge on any atom is 0.160 e. The van der Waals surface area contributed by atoms with Crippen molar-refractivity contribution < 1.29 is 4.74 Å². The van der Waals surface area contributed by atoms with Gasteiger partial charge in [-0.1, -0.05) is 0 Å². The van der Waals surface area contributed by atoms with E-state index < -0.39 is 0 Å². The van der Waals surface area contributed by atoms with Crippen LogP contribution in [0.1, 0.15) is 12.5 Å². The second kappa shape index (κ2) is 5.30. The summed E-state index contributed by atoms with van der Waals surface area (Å²) < 4.78 is 7.21. The van der Waals surface area contributed by atoms with Gasteiger partial charge in [0.15, 0.2) is 5.65 Å². The highest BCUT2D eigenvalue weighted by molar-refractivity contribution is 5.70. The van der Waals surface area contributed by atoms with E-state index in [1.165, 1.54) is 0 Å². The number of benzene rings is 1. The fourth-order valence-corrected chi connectivity index (χ4v) is 2.23. The first-order chi connectivity index (χ1) is 9.83. The molecule has 102 valence electrons. The van der Waals surface area contributed by atoms with Gasteiger partial charge in [0.05, 0.1) is 12.3 Å². The van der Waals surface area contributed by atoms with Crippen LogP contribution >= 0.6 is 0 Å². The summed E-state index contributed by atoms with van der Waals surface area (Å²) in [4.78, 5) is 4.34. The summed E-state index contributed by atoms with van der Waals surface area (Å²) in [5.74, 6) is 0.854. The average Bonchev–Trinajstić information content (AvgIpc) is 2.87. The second-order valence-corrected chi connectivity index (χ2v) is 4.38. The van der Waals surface area contributed by atoms with Crippen LogP contribution in [0.3, 0.4) is 0 Å². The molecule has 0 radical (unpaired) electrons. The molecule has 0 fully saturated rings. The molecule has 2 N–H and O–H groups in total. The molecule has 0 saturated heterocycles. The molecule has 0 unspecified atom stereocenters. The Morgan fingerprint density at radius 2 is 2.05 bits per heavy atom. The molecule has 0 atom stereocenters. The summed E-state index contributed by atoms with van der Waals surface area (Å²) in [7, 11) is 0. The van der Waals surface area contributed by atoms with E-state index in [9.17, 15) is 0 Å². The van der Waals surface area contributed by atoms with E-state index in [-0.39, 0.29) is 0 Å². The Balaban J connectivity index is 2.09. The van der Waals surface area contributed by atoms with Crippen LogP contribution in [-0.2, 0) is 6.54 Å². The fourth-order valence-electron chi connectivity index (χ4n) is 2.23. The van der Waals surface area contributed by atoms with Crippen molar-refractivity contribution in [2.24, 2.45) is 5.73 Å². The normalized spacial score (nSPS) is 10.9. The SMILES string of the molecule is CCOc1ccc(-c2nn3cccnc3c2CN)cc1. The van der Waals surface area contributed by atoms with E-state index in [1.807, 2.05) is 43.5 Å². The van der Waals surface area contributed by atoms with Crippen LogP contribution in [0.25, 0.3) is 16.9 Å². The standard InChI is InChI=1S/C15H16N4O/c1-2-20-12-6-4-11(5-7-12)14-13(10-16)15-17-8-3-9-19(15)18-14/h3-9H,2,10,16H2,1H3. The molecule has 0 aliphatic carbocycles. The highest BCUT2D eigenvalue weighted by Gasteiger charge is 2.13. The Bertz CT molecular complexity index is 718. The summed E-state index contributed by atoms with van der Waals surface area (Å²) in [6, 6.07) is 9.72. The number of nitrogens with zero attached hydrogens (tertiary/aromatic N) is 3. The summed E-state index contributed by atoms with van der Waals surface area (Å²) in [6.45, 7) is 3.03. The Kier molecular flexibility index (Phi) is 3.35. The zero-order chi connectivity index (χ0) is 13.9. The van der Waals surface area contributed by atoms with E-state index in [0.29, 0.717) is 13.2 Å². The number of fused-ring (bicyclic) bond motifs is 1. The van der Waals surface area contributed by atoms with Crippen molar-refractivity contribution in [1.29, 1.82) is 0 Å². The quantitative estimate of drug-likeness (QED) is 0.788. The van der Waals surface area contributed by atoms with Crippen molar-refractivity contribution in [3.63, 3.8) is 0 Å².